The predicted octanol–water partition coefficient (Wildman–Crippen LogP) is 6.55. The van der Waals surface area contributed by atoms with Gasteiger partial charge in [0.15, 0.2) is 11.5 Å². The molecule has 32 heavy (non-hydrogen) atoms. The molecule has 0 aliphatic carbocycles. The molecule has 1 N–H and O–H groups in total. The zero-order valence-corrected chi connectivity index (χ0v) is 18.8. The topological polar surface area (TPSA) is 70.8 Å². The van der Waals surface area contributed by atoms with E-state index in [1.807, 2.05) is 49.6 Å². The number of nitrogens with zero attached hydrogens (tertiary/aromatic N) is 1. The molecule has 4 aromatic rings. The minimum Gasteiger partial charge on any atom is -0.503 e. The highest BCUT2D eigenvalue weighted by atomic mass is 35.5. The van der Waals surface area contributed by atoms with E-state index in [2.05, 4.69) is 0 Å². The number of rotatable bonds is 4. The van der Waals surface area contributed by atoms with Crippen LogP contribution in [-0.4, -0.2) is 16.8 Å². The van der Waals surface area contributed by atoms with Gasteiger partial charge in [-0.1, -0.05) is 29.8 Å². The van der Waals surface area contributed by atoms with Gasteiger partial charge in [-0.05, 0) is 66.8 Å². The van der Waals surface area contributed by atoms with Crippen LogP contribution < -0.4 is 4.90 Å². The van der Waals surface area contributed by atoms with Crippen molar-refractivity contribution in [3.63, 3.8) is 0 Å². The third kappa shape index (κ3) is 3.15. The van der Waals surface area contributed by atoms with E-state index in [1.165, 1.54) is 16.2 Å². The number of amides is 1. The van der Waals surface area contributed by atoms with Crippen molar-refractivity contribution in [3.05, 3.63) is 98.1 Å². The van der Waals surface area contributed by atoms with E-state index < -0.39 is 23.5 Å². The summed E-state index contributed by atoms with van der Waals surface area (Å²) in [5, 5.41) is 14.0. The average Bonchev–Trinajstić information content (AvgIpc) is 3.44. The van der Waals surface area contributed by atoms with Gasteiger partial charge in [-0.25, -0.2) is 0 Å². The second kappa shape index (κ2) is 7.65. The first-order chi connectivity index (χ1) is 15.4. The number of aryl methyl sites for hydroxylation is 2. The van der Waals surface area contributed by atoms with Crippen LogP contribution in [0.4, 0.5) is 5.69 Å². The summed E-state index contributed by atoms with van der Waals surface area (Å²) < 4.78 is 5.76. The molecule has 1 aliphatic heterocycles. The first-order valence-electron chi connectivity index (χ1n) is 9.97. The molecule has 2 aromatic carbocycles. The zero-order valence-electron chi connectivity index (χ0n) is 17.3. The van der Waals surface area contributed by atoms with E-state index in [1.54, 1.807) is 24.3 Å². The van der Waals surface area contributed by atoms with Gasteiger partial charge in [-0.3, -0.25) is 14.5 Å². The quantitative estimate of drug-likeness (QED) is 0.348. The summed E-state index contributed by atoms with van der Waals surface area (Å²) in [7, 11) is 0. The lowest BCUT2D eigenvalue weighted by molar-refractivity contribution is -0.117. The molecule has 3 heterocycles. The van der Waals surface area contributed by atoms with Crippen LogP contribution in [0.3, 0.4) is 0 Å². The van der Waals surface area contributed by atoms with Crippen LogP contribution in [0.2, 0.25) is 5.02 Å². The lowest BCUT2D eigenvalue weighted by Gasteiger charge is -2.27. The Labute approximate surface area is 193 Å². The molecule has 0 saturated carbocycles. The number of hydrogen-bond donors (Lipinski definition) is 1. The number of anilines is 1. The van der Waals surface area contributed by atoms with Crippen molar-refractivity contribution in [1.29, 1.82) is 0 Å². The predicted molar refractivity (Wildman–Crippen MR) is 126 cm³/mol. The van der Waals surface area contributed by atoms with Crippen LogP contribution in [0.25, 0.3) is 11.0 Å². The number of Topliss-reactive ketones (excluding diaryl/α,β-unsaturated/α-hetero) is 1. The Morgan fingerprint density at radius 2 is 1.88 bits per heavy atom. The van der Waals surface area contributed by atoms with Crippen LogP contribution in [0, 0.1) is 13.8 Å². The third-order valence-corrected chi connectivity index (χ3v) is 6.99. The number of halogens is 1. The number of furan rings is 1. The second-order valence-corrected chi connectivity index (χ2v) is 9.10. The van der Waals surface area contributed by atoms with E-state index in [-0.39, 0.29) is 11.3 Å². The van der Waals surface area contributed by atoms with E-state index in [9.17, 15) is 14.7 Å². The summed E-state index contributed by atoms with van der Waals surface area (Å²) in [6.07, 6.45) is 0. The summed E-state index contributed by atoms with van der Waals surface area (Å²) in [6.45, 7) is 3.81. The van der Waals surface area contributed by atoms with Crippen LogP contribution in [0.15, 0.2) is 75.7 Å². The molecular formula is C25H18ClNO4S. The van der Waals surface area contributed by atoms with Crippen LogP contribution >= 0.6 is 22.9 Å². The van der Waals surface area contributed by atoms with Crippen molar-refractivity contribution >= 4 is 51.3 Å². The Morgan fingerprint density at radius 1 is 1.09 bits per heavy atom. The van der Waals surface area contributed by atoms with Crippen LogP contribution in [0.1, 0.15) is 32.6 Å². The first-order valence-corrected chi connectivity index (χ1v) is 11.2. The van der Waals surface area contributed by atoms with Crippen molar-refractivity contribution in [2.75, 3.05) is 4.90 Å². The number of hydrogen-bond acceptors (Lipinski definition) is 5. The molecule has 1 atom stereocenters. The average molecular weight is 464 g/mol. The number of ketones is 1. The number of carbonyl (C=O) groups is 2. The van der Waals surface area contributed by atoms with Gasteiger partial charge < -0.3 is 9.52 Å². The van der Waals surface area contributed by atoms with E-state index in [0.717, 1.165) is 16.0 Å². The van der Waals surface area contributed by atoms with Gasteiger partial charge in [0.1, 0.15) is 11.6 Å². The molecule has 5 rings (SSSR count). The maximum Gasteiger partial charge on any atom is 0.294 e. The highest BCUT2D eigenvalue weighted by molar-refractivity contribution is 7.10. The van der Waals surface area contributed by atoms with Crippen molar-refractivity contribution < 1.29 is 19.1 Å². The molecule has 0 radical (unpaired) electrons. The van der Waals surface area contributed by atoms with Crippen molar-refractivity contribution in [1.82, 2.24) is 0 Å². The van der Waals surface area contributed by atoms with Crippen molar-refractivity contribution in [2.24, 2.45) is 0 Å². The number of benzene rings is 2. The molecular weight excluding hydrogens is 446 g/mol. The fourth-order valence-corrected chi connectivity index (χ4v) is 5.30. The monoisotopic (exact) mass is 463 g/mol. The first kappa shape index (κ1) is 20.5. The highest BCUT2D eigenvalue weighted by Crippen LogP contribution is 2.45. The summed E-state index contributed by atoms with van der Waals surface area (Å²) in [4.78, 5) is 29.2. The Balaban J connectivity index is 1.68. The number of thiophene rings is 1. The Morgan fingerprint density at radius 3 is 2.59 bits per heavy atom. The minimum absolute atomic E-state index is 0.00829. The Bertz CT molecular complexity index is 1430. The van der Waals surface area contributed by atoms with Crippen molar-refractivity contribution in [2.45, 2.75) is 19.9 Å². The largest absolute Gasteiger partial charge is 0.503 e. The minimum atomic E-state index is -0.757. The smallest absolute Gasteiger partial charge is 0.294 e. The fraction of sp³-hybridized carbons (Fsp3) is 0.120. The van der Waals surface area contributed by atoms with Crippen molar-refractivity contribution in [3.8, 4) is 0 Å². The van der Waals surface area contributed by atoms with Gasteiger partial charge in [0.05, 0.1) is 5.57 Å². The molecule has 1 aliphatic rings. The summed E-state index contributed by atoms with van der Waals surface area (Å²) >= 11 is 7.50. The molecule has 0 bridgehead atoms. The molecule has 2 aromatic heterocycles. The van der Waals surface area contributed by atoms with Gasteiger partial charge in [-0.2, -0.15) is 0 Å². The molecule has 0 saturated heterocycles. The molecule has 1 amide bonds. The number of fused-ring (bicyclic) bond motifs is 1. The summed E-state index contributed by atoms with van der Waals surface area (Å²) in [5.41, 5.74) is 2.94. The SMILES string of the molecule is Cc1ccccc1N1C(=O)C(O)=C(C(=O)c2cc3cc(Cl)ccc3o2)C1c1sccc1C. The molecule has 160 valence electrons. The van der Waals surface area contributed by atoms with Crippen LogP contribution in [-0.2, 0) is 4.79 Å². The second-order valence-electron chi connectivity index (χ2n) is 7.72. The maximum atomic E-state index is 13.6. The van der Waals surface area contributed by atoms with Crippen LogP contribution in [0.5, 0.6) is 0 Å². The van der Waals surface area contributed by atoms with E-state index in [0.29, 0.717) is 21.7 Å². The normalized spacial score (nSPS) is 16.4. The molecule has 1 unspecified atom stereocenters. The van der Waals surface area contributed by atoms with Gasteiger partial charge >= 0.3 is 0 Å². The standard InChI is InChI=1S/C25H18ClNO4S/c1-13-5-3-4-6-17(13)27-21(24-14(2)9-10-32-24)20(23(29)25(27)30)22(28)19-12-15-11-16(26)7-8-18(15)31-19/h3-12,21,29H,1-2H3. The van der Waals surface area contributed by atoms with Gasteiger partial charge in [0.2, 0.25) is 5.78 Å². The highest BCUT2D eigenvalue weighted by Gasteiger charge is 2.46. The summed E-state index contributed by atoms with van der Waals surface area (Å²) in [5.74, 6) is -1.66. The number of carbonyl (C=O) groups excluding carboxylic acids is 2. The lowest BCUT2D eigenvalue weighted by atomic mass is 9.98. The Kier molecular flexibility index (Phi) is 4.92. The van der Waals surface area contributed by atoms with Gasteiger partial charge in [-0.15, -0.1) is 11.3 Å². The van der Waals surface area contributed by atoms with E-state index in [4.69, 9.17) is 16.0 Å². The maximum absolute atomic E-state index is 13.6. The number of aliphatic hydroxyl groups excluding tert-OH is 1. The fourth-order valence-electron chi connectivity index (χ4n) is 4.09. The molecule has 5 nitrogen and oxygen atoms in total. The molecule has 0 spiro atoms. The summed E-state index contributed by atoms with van der Waals surface area (Å²) in [6, 6.07) is 15.2. The molecule has 0 fully saturated rings. The van der Waals surface area contributed by atoms with Gasteiger partial charge in [0.25, 0.3) is 5.91 Å². The Hall–Kier alpha value is -3.35. The number of para-hydroxylation sites is 1. The van der Waals surface area contributed by atoms with Gasteiger partial charge in [0, 0.05) is 21.0 Å². The zero-order chi connectivity index (χ0) is 22.6. The number of aliphatic hydroxyl groups is 1. The third-order valence-electron chi connectivity index (χ3n) is 5.68. The molecule has 7 heteroatoms. The lowest BCUT2D eigenvalue weighted by Crippen LogP contribution is -2.31. The van der Waals surface area contributed by atoms with E-state index >= 15 is 0 Å².